The van der Waals surface area contributed by atoms with E-state index in [0.29, 0.717) is 17.1 Å². The molecule has 0 fully saturated rings. The Labute approximate surface area is 185 Å². The van der Waals surface area contributed by atoms with Crippen LogP contribution in [0.3, 0.4) is 0 Å². The molecule has 3 rings (SSSR count). The summed E-state index contributed by atoms with van der Waals surface area (Å²) in [6.07, 6.45) is 1.69. The maximum absolute atomic E-state index is 12.3. The molecule has 3 aromatic rings. The van der Waals surface area contributed by atoms with Gasteiger partial charge in [-0.25, -0.2) is 0 Å². The van der Waals surface area contributed by atoms with Gasteiger partial charge in [-0.05, 0) is 19.1 Å². The van der Waals surface area contributed by atoms with Crippen LogP contribution >= 0.6 is 58.0 Å². The number of anilines is 1. The molecular weight excluding hydrogens is 471 g/mol. The fourth-order valence-electron chi connectivity index (χ4n) is 2.34. The van der Waals surface area contributed by atoms with Crippen molar-refractivity contribution in [3.8, 4) is 5.75 Å². The smallest absolute Gasteiger partial charge is 0.291 e. The van der Waals surface area contributed by atoms with Crippen LogP contribution in [0, 0.1) is 6.92 Å². The van der Waals surface area contributed by atoms with Gasteiger partial charge in [-0.15, -0.1) is 0 Å². The number of benzene rings is 1. The number of aryl methyl sites for hydroxylation is 2. The number of carbonyl (C=O) groups is 1. The number of nitrogens with zero attached hydrogens (tertiary/aromatic N) is 2. The summed E-state index contributed by atoms with van der Waals surface area (Å²) in [6, 6.07) is 3.11. The first-order valence-corrected chi connectivity index (χ1v) is 9.62. The van der Waals surface area contributed by atoms with Crippen LogP contribution in [0.4, 0.5) is 5.69 Å². The van der Waals surface area contributed by atoms with Crippen LogP contribution in [-0.2, 0) is 13.7 Å². The maximum Gasteiger partial charge on any atom is 0.291 e. The molecule has 0 spiro atoms. The van der Waals surface area contributed by atoms with Crippen molar-refractivity contribution >= 4 is 69.6 Å². The van der Waals surface area contributed by atoms with Gasteiger partial charge in [0.25, 0.3) is 5.91 Å². The van der Waals surface area contributed by atoms with Crippen LogP contribution in [0.15, 0.2) is 22.7 Å². The first-order chi connectivity index (χ1) is 13.2. The lowest BCUT2D eigenvalue weighted by Crippen LogP contribution is -2.11. The molecule has 6 nitrogen and oxygen atoms in total. The summed E-state index contributed by atoms with van der Waals surface area (Å²) in [7, 11) is 1.76. The lowest BCUT2D eigenvalue weighted by Gasteiger charge is -2.12. The normalized spacial score (nSPS) is 11.0. The Kier molecular flexibility index (Phi) is 6.37. The van der Waals surface area contributed by atoms with E-state index in [4.69, 9.17) is 67.2 Å². The van der Waals surface area contributed by atoms with Gasteiger partial charge in [-0.2, -0.15) is 5.10 Å². The minimum atomic E-state index is -0.420. The number of aromatic nitrogens is 2. The molecule has 0 aliphatic heterocycles. The number of hydrogen-bond donors (Lipinski definition) is 1. The Morgan fingerprint density at radius 1 is 1.11 bits per heavy atom. The maximum atomic E-state index is 12.3. The predicted octanol–water partition coefficient (Wildman–Crippen LogP) is 6.42. The average molecular weight is 484 g/mol. The second kappa shape index (κ2) is 8.43. The number of furan rings is 1. The van der Waals surface area contributed by atoms with Crippen LogP contribution in [0.5, 0.6) is 5.75 Å². The van der Waals surface area contributed by atoms with Crippen LogP contribution < -0.4 is 10.1 Å². The third-order valence-corrected chi connectivity index (χ3v) is 5.92. The Morgan fingerprint density at radius 3 is 2.29 bits per heavy atom. The highest BCUT2D eigenvalue weighted by Crippen LogP contribution is 2.48. The molecule has 0 aliphatic carbocycles. The molecule has 1 N–H and O–H groups in total. The second-order valence-electron chi connectivity index (χ2n) is 5.71. The molecule has 1 aromatic carbocycles. The Morgan fingerprint density at radius 2 is 1.71 bits per heavy atom. The molecule has 0 atom stereocenters. The Hall–Kier alpha value is -1.57. The molecule has 0 saturated heterocycles. The third-order valence-electron chi connectivity index (χ3n) is 3.68. The van der Waals surface area contributed by atoms with E-state index in [1.165, 1.54) is 6.07 Å². The first-order valence-electron chi connectivity index (χ1n) is 7.73. The van der Waals surface area contributed by atoms with Gasteiger partial charge in [-0.3, -0.25) is 9.48 Å². The molecule has 0 radical (unpaired) electrons. The van der Waals surface area contributed by atoms with Gasteiger partial charge >= 0.3 is 0 Å². The van der Waals surface area contributed by atoms with E-state index in [9.17, 15) is 4.79 Å². The summed E-state index contributed by atoms with van der Waals surface area (Å²) in [5.74, 6) is 0.112. The van der Waals surface area contributed by atoms with E-state index >= 15 is 0 Å². The highest BCUT2D eigenvalue weighted by Gasteiger charge is 2.21. The SMILES string of the molecule is Cc1nn(C)cc1NC(=O)c1ccc(COc2c(Cl)c(Cl)c(Cl)c(Cl)c2Cl)o1. The Bertz CT molecular complexity index is 1030. The minimum Gasteiger partial charge on any atom is -0.482 e. The van der Waals surface area contributed by atoms with E-state index in [0.717, 1.165) is 0 Å². The van der Waals surface area contributed by atoms with Crippen molar-refractivity contribution in [1.82, 2.24) is 9.78 Å². The van der Waals surface area contributed by atoms with Gasteiger partial charge in [0.05, 0.1) is 26.4 Å². The Balaban J connectivity index is 1.72. The van der Waals surface area contributed by atoms with E-state index in [1.807, 2.05) is 0 Å². The molecule has 0 aliphatic rings. The number of carbonyl (C=O) groups excluding carboxylic acids is 1. The van der Waals surface area contributed by atoms with Crippen molar-refractivity contribution < 1.29 is 13.9 Å². The third kappa shape index (κ3) is 4.21. The summed E-state index contributed by atoms with van der Waals surface area (Å²) in [6.45, 7) is 1.72. The summed E-state index contributed by atoms with van der Waals surface area (Å²) in [5, 5.41) is 7.02. The van der Waals surface area contributed by atoms with Gasteiger partial charge in [0.15, 0.2) is 11.5 Å². The summed E-state index contributed by atoms with van der Waals surface area (Å²) in [4.78, 5) is 12.3. The molecular formula is C17H12Cl5N3O3. The minimum absolute atomic E-state index is 0.0256. The summed E-state index contributed by atoms with van der Waals surface area (Å²) in [5.41, 5.74) is 1.28. The van der Waals surface area contributed by atoms with E-state index in [2.05, 4.69) is 10.4 Å². The molecule has 2 aromatic heterocycles. The van der Waals surface area contributed by atoms with Crippen molar-refractivity contribution in [3.05, 3.63) is 60.7 Å². The zero-order valence-corrected chi connectivity index (χ0v) is 18.2. The van der Waals surface area contributed by atoms with Crippen molar-refractivity contribution in [3.63, 3.8) is 0 Å². The summed E-state index contributed by atoms with van der Waals surface area (Å²) < 4.78 is 12.7. The molecule has 28 heavy (non-hydrogen) atoms. The monoisotopic (exact) mass is 481 g/mol. The van der Waals surface area contributed by atoms with Gasteiger partial charge in [0.1, 0.15) is 22.4 Å². The number of rotatable bonds is 5. The highest BCUT2D eigenvalue weighted by molar-refractivity contribution is 6.55. The highest BCUT2D eigenvalue weighted by atomic mass is 35.5. The molecule has 11 heteroatoms. The molecule has 2 heterocycles. The summed E-state index contributed by atoms with van der Waals surface area (Å²) >= 11 is 30.2. The number of ether oxygens (including phenoxy) is 1. The average Bonchev–Trinajstić information content (AvgIpc) is 3.24. The largest absolute Gasteiger partial charge is 0.482 e. The van der Waals surface area contributed by atoms with E-state index < -0.39 is 5.91 Å². The quantitative estimate of drug-likeness (QED) is 0.336. The zero-order valence-electron chi connectivity index (χ0n) is 14.4. The molecule has 0 unspecified atom stereocenters. The van der Waals surface area contributed by atoms with Crippen LogP contribution in [-0.4, -0.2) is 15.7 Å². The van der Waals surface area contributed by atoms with Crippen molar-refractivity contribution in [2.45, 2.75) is 13.5 Å². The van der Waals surface area contributed by atoms with Crippen LogP contribution in [0.1, 0.15) is 22.0 Å². The van der Waals surface area contributed by atoms with Crippen LogP contribution in [0.2, 0.25) is 25.1 Å². The molecule has 148 valence electrons. The number of amides is 1. The topological polar surface area (TPSA) is 69.3 Å². The predicted molar refractivity (Wildman–Crippen MR) is 110 cm³/mol. The van der Waals surface area contributed by atoms with Gasteiger partial charge in [-0.1, -0.05) is 58.0 Å². The zero-order chi connectivity index (χ0) is 20.6. The number of halogens is 5. The van der Waals surface area contributed by atoms with Gasteiger partial charge in [0.2, 0.25) is 0 Å². The van der Waals surface area contributed by atoms with Crippen molar-refractivity contribution in [1.29, 1.82) is 0 Å². The lowest BCUT2D eigenvalue weighted by atomic mass is 10.3. The lowest BCUT2D eigenvalue weighted by molar-refractivity contribution is 0.0992. The number of nitrogens with one attached hydrogen (secondary N) is 1. The van der Waals surface area contributed by atoms with Gasteiger partial charge in [0, 0.05) is 13.2 Å². The van der Waals surface area contributed by atoms with Crippen LogP contribution in [0.25, 0.3) is 0 Å². The fourth-order valence-corrected chi connectivity index (χ4v) is 3.57. The molecule has 1 amide bonds. The standard InChI is InChI=1S/C17H12Cl5N3O3/c1-7-9(5-25(2)24-7)23-17(26)10-4-3-8(28-10)6-27-16-14(21)12(19)11(18)13(20)15(16)22/h3-5H,6H2,1-2H3,(H,23,26). The second-order valence-corrected chi connectivity index (χ2v) is 7.60. The first kappa shape index (κ1) is 21.1. The molecule has 0 saturated carbocycles. The van der Waals surface area contributed by atoms with E-state index in [1.54, 1.807) is 30.9 Å². The van der Waals surface area contributed by atoms with Crippen molar-refractivity contribution in [2.24, 2.45) is 7.05 Å². The fraction of sp³-hybridized carbons (Fsp3) is 0.176. The molecule has 0 bridgehead atoms. The van der Waals surface area contributed by atoms with Gasteiger partial charge < -0.3 is 14.5 Å². The number of hydrogen-bond acceptors (Lipinski definition) is 4. The van der Waals surface area contributed by atoms with E-state index in [-0.39, 0.29) is 43.2 Å². The van der Waals surface area contributed by atoms with Crippen molar-refractivity contribution in [2.75, 3.05) is 5.32 Å².